The van der Waals surface area contributed by atoms with Crippen LogP contribution in [0.25, 0.3) is 11.1 Å². The van der Waals surface area contributed by atoms with E-state index in [9.17, 15) is 29.9 Å². The number of benzene rings is 2. The first-order valence-electron chi connectivity index (χ1n) is 6.69. The molecule has 0 unspecified atom stereocenters. The summed E-state index contributed by atoms with van der Waals surface area (Å²) in [6.07, 6.45) is 0. The number of carbonyl (C=O) groups is 2. The second kappa shape index (κ2) is 6.78. The highest BCUT2D eigenvalue weighted by Gasteiger charge is 2.25. The van der Waals surface area contributed by atoms with Crippen LogP contribution in [0.4, 0.5) is 5.69 Å². The maximum absolute atomic E-state index is 11.2. The first kappa shape index (κ1) is 16.9. The van der Waals surface area contributed by atoms with Crippen molar-refractivity contribution in [3.8, 4) is 16.9 Å². The quantitative estimate of drug-likeness (QED) is 0.409. The highest BCUT2D eigenvalue weighted by atomic mass is 16.6. The lowest BCUT2D eigenvalue weighted by Gasteiger charge is -2.19. The topological polar surface area (TPSA) is 133 Å². The molecule has 0 aliphatic carbocycles. The van der Waals surface area contributed by atoms with Crippen molar-refractivity contribution in [2.24, 2.45) is 0 Å². The number of methoxy groups -OCH3 is 1. The average molecular weight is 329 g/mol. The molecule has 24 heavy (non-hydrogen) atoms. The monoisotopic (exact) mass is 329 g/mol. The number of nitro groups is 1. The van der Waals surface area contributed by atoms with E-state index >= 15 is 0 Å². The fourth-order valence-electron chi connectivity index (χ4n) is 2.26. The van der Waals surface area contributed by atoms with Crippen LogP contribution >= 0.6 is 0 Å². The fourth-order valence-corrected chi connectivity index (χ4v) is 2.26. The van der Waals surface area contributed by atoms with Crippen molar-refractivity contribution < 1.29 is 29.5 Å². The van der Waals surface area contributed by atoms with E-state index in [-0.39, 0.29) is 0 Å². The Balaban J connectivity index is 2.55. The van der Waals surface area contributed by atoms with Gasteiger partial charge in [0.05, 0.1) is 29.9 Å². The van der Waals surface area contributed by atoms with E-state index in [2.05, 4.69) is 0 Å². The van der Waals surface area contributed by atoms with Crippen molar-refractivity contribution in [3.05, 3.63) is 58.1 Å². The zero-order chi connectivity index (χ0) is 17.9. The van der Waals surface area contributed by atoms with Gasteiger partial charge in [0.2, 0.25) is 0 Å². The number of carbonyl (C=O) groups excluding carboxylic acids is 2. The molecule has 2 aromatic carbocycles. The molecule has 0 fully saturated rings. The lowest BCUT2D eigenvalue weighted by molar-refractivity contribution is -0.386. The maximum atomic E-state index is 11.2. The van der Waals surface area contributed by atoms with E-state index < -0.39 is 34.0 Å². The van der Waals surface area contributed by atoms with E-state index in [1.165, 1.54) is 13.2 Å². The minimum atomic E-state index is -2.23. The summed E-state index contributed by atoms with van der Waals surface area (Å²) in [5.41, 5.74) is -0.105. The van der Waals surface area contributed by atoms with Gasteiger partial charge in [-0.25, -0.2) is 0 Å². The summed E-state index contributed by atoms with van der Waals surface area (Å²) in [6, 6.07) is 10.2. The second-order valence-electron chi connectivity index (χ2n) is 4.83. The van der Waals surface area contributed by atoms with Gasteiger partial charge in [-0.2, -0.15) is 0 Å². The lowest BCUT2D eigenvalue weighted by atomic mass is 9.94. The molecule has 0 N–H and O–H groups in total. The van der Waals surface area contributed by atoms with Gasteiger partial charge in [-0.05, 0) is 23.3 Å². The first-order chi connectivity index (χ1) is 11.3. The van der Waals surface area contributed by atoms with Crippen LogP contribution in [0.5, 0.6) is 5.75 Å². The van der Waals surface area contributed by atoms with Crippen LogP contribution in [0.3, 0.4) is 0 Å². The Morgan fingerprint density at radius 2 is 1.54 bits per heavy atom. The standard InChI is InChI=1S/C16H13NO7/c1-24-11-5-2-9(3-6-11)10-4-7-12(13(8-10)17(22)23)14(15(18)19)16(20)21/h2-8,14H,1H3,(H,18,19)(H,20,21)/p-2. The average Bonchev–Trinajstić information content (AvgIpc) is 2.54. The van der Waals surface area contributed by atoms with Crippen molar-refractivity contribution in [1.29, 1.82) is 0 Å². The Hall–Kier alpha value is -3.42. The molecule has 2 aromatic rings. The van der Waals surface area contributed by atoms with Gasteiger partial charge in [-0.1, -0.05) is 24.3 Å². The summed E-state index contributed by atoms with van der Waals surface area (Å²) < 4.78 is 5.02. The molecule has 0 amide bonds. The maximum Gasteiger partial charge on any atom is 0.274 e. The normalized spacial score (nSPS) is 10.4. The third-order valence-corrected chi connectivity index (χ3v) is 3.43. The second-order valence-corrected chi connectivity index (χ2v) is 4.83. The van der Waals surface area contributed by atoms with E-state index in [1.807, 2.05) is 0 Å². The van der Waals surface area contributed by atoms with Gasteiger partial charge in [0.25, 0.3) is 5.69 Å². The molecule has 0 aliphatic heterocycles. The zero-order valence-corrected chi connectivity index (χ0v) is 12.4. The molecule has 0 atom stereocenters. The van der Waals surface area contributed by atoms with Gasteiger partial charge in [-0.3, -0.25) is 10.1 Å². The van der Waals surface area contributed by atoms with Crippen LogP contribution in [0.1, 0.15) is 11.5 Å². The number of hydrogen-bond acceptors (Lipinski definition) is 7. The summed E-state index contributed by atoms with van der Waals surface area (Å²) in [5.74, 6) is -5.58. The first-order valence-corrected chi connectivity index (χ1v) is 6.69. The summed E-state index contributed by atoms with van der Waals surface area (Å²) >= 11 is 0. The summed E-state index contributed by atoms with van der Waals surface area (Å²) in [6.45, 7) is 0. The van der Waals surface area contributed by atoms with E-state index in [4.69, 9.17) is 4.74 Å². The number of rotatable bonds is 6. The summed E-state index contributed by atoms with van der Waals surface area (Å²) in [5, 5.41) is 33.2. The molecule has 0 heterocycles. The highest BCUT2D eigenvalue weighted by Crippen LogP contribution is 2.32. The van der Waals surface area contributed by atoms with Crippen molar-refractivity contribution >= 4 is 17.6 Å². The fraction of sp³-hybridized carbons (Fsp3) is 0.125. The molecule has 0 saturated heterocycles. The van der Waals surface area contributed by atoms with Crippen molar-refractivity contribution in [2.75, 3.05) is 7.11 Å². The molecule has 124 valence electrons. The molecular formula is C16H11NO7-2. The minimum Gasteiger partial charge on any atom is -0.549 e. The minimum absolute atomic E-state index is 0.420. The van der Waals surface area contributed by atoms with Crippen molar-refractivity contribution in [1.82, 2.24) is 0 Å². The third-order valence-electron chi connectivity index (χ3n) is 3.43. The van der Waals surface area contributed by atoms with Crippen LogP contribution in [0.15, 0.2) is 42.5 Å². The van der Waals surface area contributed by atoms with Gasteiger partial charge >= 0.3 is 0 Å². The highest BCUT2D eigenvalue weighted by molar-refractivity contribution is 5.98. The lowest BCUT2D eigenvalue weighted by Crippen LogP contribution is -2.41. The van der Waals surface area contributed by atoms with Gasteiger partial charge < -0.3 is 24.5 Å². The van der Waals surface area contributed by atoms with Crippen LogP contribution in [0, 0.1) is 10.1 Å². The summed E-state index contributed by atoms with van der Waals surface area (Å²) in [4.78, 5) is 32.3. The van der Waals surface area contributed by atoms with Gasteiger partial charge in [0.15, 0.2) is 0 Å². The van der Waals surface area contributed by atoms with Gasteiger partial charge in [-0.15, -0.1) is 0 Å². The van der Waals surface area contributed by atoms with Crippen LogP contribution in [-0.2, 0) is 9.59 Å². The van der Waals surface area contributed by atoms with Crippen LogP contribution in [0.2, 0.25) is 0 Å². The smallest absolute Gasteiger partial charge is 0.274 e. The molecule has 0 spiro atoms. The Morgan fingerprint density at radius 1 is 1.00 bits per heavy atom. The zero-order valence-electron chi connectivity index (χ0n) is 12.4. The molecular weight excluding hydrogens is 318 g/mol. The molecule has 0 aromatic heterocycles. The van der Waals surface area contributed by atoms with Crippen LogP contribution in [-0.4, -0.2) is 24.0 Å². The number of hydrogen-bond donors (Lipinski definition) is 0. The molecule has 0 aliphatic rings. The number of aliphatic carboxylic acids is 2. The van der Waals surface area contributed by atoms with Gasteiger partial charge in [0, 0.05) is 11.6 Å². The van der Waals surface area contributed by atoms with Crippen molar-refractivity contribution in [3.63, 3.8) is 0 Å². The molecule has 2 rings (SSSR count). The molecule has 0 radical (unpaired) electrons. The Kier molecular flexibility index (Phi) is 4.78. The number of carboxylic acids is 2. The molecule has 8 nitrogen and oxygen atoms in total. The third kappa shape index (κ3) is 3.32. The predicted octanol–water partition coefficient (Wildman–Crippen LogP) is -0.146. The number of ether oxygens (including phenoxy) is 1. The summed E-state index contributed by atoms with van der Waals surface area (Å²) in [7, 11) is 1.49. The SMILES string of the molecule is COc1ccc(-c2ccc(C(C(=O)[O-])C(=O)[O-])c([N+](=O)[O-])c2)cc1. The molecule has 0 bridgehead atoms. The number of carboxylic acid groups (broad SMARTS) is 2. The Labute approximate surface area is 136 Å². The van der Waals surface area contributed by atoms with Gasteiger partial charge in [0.1, 0.15) is 5.75 Å². The van der Waals surface area contributed by atoms with Crippen molar-refractivity contribution in [2.45, 2.75) is 5.92 Å². The van der Waals surface area contributed by atoms with Crippen LogP contribution < -0.4 is 14.9 Å². The molecule has 0 saturated carbocycles. The molecule has 8 heteroatoms. The number of nitrogens with zero attached hydrogens (tertiary/aromatic N) is 1. The Bertz CT molecular complexity index is 785. The Morgan fingerprint density at radius 3 is 2.00 bits per heavy atom. The van der Waals surface area contributed by atoms with E-state index in [1.54, 1.807) is 24.3 Å². The predicted molar refractivity (Wildman–Crippen MR) is 77.8 cm³/mol. The van der Waals surface area contributed by atoms with E-state index in [0.29, 0.717) is 16.9 Å². The largest absolute Gasteiger partial charge is 0.549 e. The van der Waals surface area contributed by atoms with E-state index in [0.717, 1.165) is 12.1 Å². The number of nitro benzene ring substituents is 1.